The summed E-state index contributed by atoms with van der Waals surface area (Å²) in [5.41, 5.74) is -1.14. The van der Waals surface area contributed by atoms with E-state index in [2.05, 4.69) is 0 Å². The number of carbonyl (C=O) groups excluding carboxylic acids is 1. The Bertz CT molecular complexity index is 191. The smallest absolute Gasteiger partial charge is 0.317 e. The van der Waals surface area contributed by atoms with Gasteiger partial charge in [0.05, 0.1) is 0 Å². The van der Waals surface area contributed by atoms with Crippen LogP contribution in [0.25, 0.3) is 0 Å². The molecule has 0 aliphatic carbocycles. The number of carboxylic acids is 1. The molecule has 96 valence electrons. The highest BCUT2D eigenvalue weighted by atomic mass is 27.0. The van der Waals surface area contributed by atoms with E-state index in [1.165, 1.54) is 6.92 Å². The Morgan fingerprint density at radius 3 is 1.44 bits per heavy atom. The fraction of sp³-hybridized carbons (Fsp3) is 0.818. The third kappa shape index (κ3) is 7.00. The van der Waals surface area contributed by atoms with E-state index in [4.69, 9.17) is 10.2 Å². The summed E-state index contributed by atoms with van der Waals surface area (Å²) >= 11 is 0. The highest BCUT2D eigenvalue weighted by Crippen LogP contribution is 2.27. The Morgan fingerprint density at radius 1 is 1.19 bits per heavy atom. The number of carbonyl (C=O) groups is 2. The van der Waals surface area contributed by atoms with Gasteiger partial charge in [-0.3, -0.25) is 9.59 Å². The molecule has 0 fully saturated rings. The maximum Gasteiger partial charge on any atom is 0.317 e. The number of aliphatic carboxylic acids is 1. The Balaban J connectivity index is -0.000000292. The summed E-state index contributed by atoms with van der Waals surface area (Å²) in [6.45, 7) is 8.22. The second kappa shape index (κ2) is 9.83. The van der Waals surface area contributed by atoms with Crippen molar-refractivity contribution in [1.29, 1.82) is 0 Å². The number of rotatable bonds is 4. The number of aliphatic hydroxyl groups is 1. The molecule has 0 spiro atoms. The van der Waals surface area contributed by atoms with Gasteiger partial charge in [0.2, 0.25) is 0 Å². The second-order valence-electron chi connectivity index (χ2n) is 3.74. The largest absolute Gasteiger partial charge is 0.480 e. The van der Waals surface area contributed by atoms with Crippen LogP contribution >= 0.6 is 0 Å². The van der Waals surface area contributed by atoms with Crippen molar-refractivity contribution in [3.63, 3.8) is 0 Å². The highest BCUT2D eigenvalue weighted by molar-refractivity contribution is 6.01. The van der Waals surface area contributed by atoms with Crippen LogP contribution in [0.15, 0.2) is 0 Å². The van der Waals surface area contributed by atoms with E-state index in [-0.39, 0.29) is 29.2 Å². The van der Waals surface area contributed by atoms with E-state index in [1.54, 1.807) is 27.7 Å². The molecule has 4 nitrogen and oxygen atoms in total. The fourth-order valence-electron chi connectivity index (χ4n) is 1.20. The van der Waals surface area contributed by atoms with Crippen molar-refractivity contribution < 1.29 is 19.8 Å². The minimum atomic E-state index is -1.14. The molecule has 0 amide bonds. The molecule has 0 unspecified atom stereocenters. The van der Waals surface area contributed by atoms with Gasteiger partial charge >= 0.3 is 5.97 Å². The summed E-state index contributed by atoms with van der Waals surface area (Å²) in [5.74, 6) is -1.26. The van der Waals surface area contributed by atoms with Crippen LogP contribution in [0.5, 0.6) is 0 Å². The molecule has 0 aromatic carbocycles. The summed E-state index contributed by atoms with van der Waals surface area (Å²) in [5, 5.41) is 16.8. The van der Waals surface area contributed by atoms with E-state index >= 15 is 0 Å². The van der Waals surface area contributed by atoms with Crippen molar-refractivity contribution in [2.24, 2.45) is 5.41 Å². The zero-order valence-electron chi connectivity index (χ0n) is 10.2. The van der Waals surface area contributed by atoms with Gasteiger partial charge in [0, 0.05) is 6.10 Å². The second-order valence-corrected chi connectivity index (χ2v) is 3.74. The number of hydrogen-bond acceptors (Lipinski definition) is 3. The van der Waals surface area contributed by atoms with Crippen molar-refractivity contribution >= 4 is 29.1 Å². The lowest BCUT2D eigenvalue weighted by atomic mass is 9.79. The van der Waals surface area contributed by atoms with Crippen molar-refractivity contribution in [2.75, 3.05) is 0 Å². The maximum atomic E-state index is 11.0. The molecule has 0 radical (unpaired) electrons. The normalized spacial score (nSPS) is 9.94. The van der Waals surface area contributed by atoms with Crippen LogP contribution in [0.1, 0.15) is 47.5 Å². The Kier molecular flexibility index (Phi) is 12.9. The lowest BCUT2D eigenvalue weighted by molar-refractivity contribution is -0.154. The molecule has 0 atom stereocenters. The van der Waals surface area contributed by atoms with Crippen LogP contribution in [-0.4, -0.2) is 45.4 Å². The van der Waals surface area contributed by atoms with Crippen molar-refractivity contribution in [3.8, 4) is 0 Å². The zero-order chi connectivity index (χ0) is 12.6. The third-order valence-corrected chi connectivity index (χ3v) is 2.29. The molecular weight excluding hydrogens is 223 g/mol. The fourth-order valence-corrected chi connectivity index (χ4v) is 1.20. The van der Waals surface area contributed by atoms with E-state index in [0.717, 1.165) is 0 Å². The molecule has 0 aliphatic rings. The minimum Gasteiger partial charge on any atom is -0.480 e. The average Bonchev–Trinajstić information content (AvgIpc) is 2.04. The lowest BCUT2D eigenvalue weighted by Crippen LogP contribution is -2.36. The predicted octanol–water partition coefficient (Wildman–Crippen LogP) is 0.670. The average molecular weight is 248 g/mol. The van der Waals surface area contributed by atoms with Crippen LogP contribution in [0, 0.1) is 5.41 Å². The van der Waals surface area contributed by atoms with Gasteiger partial charge in [-0.05, 0) is 33.6 Å². The summed E-state index contributed by atoms with van der Waals surface area (Å²) in [4.78, 5) is 21.7. The van der Waals surface area contributed by atoms with Crippen molar-refractivity contribution in [3.05, 3.63) is 0 Å². The molecule has 0 aromatic heterocycles. The quantitative estimate of drug-likeness (QED) is 0.566. The summed E-state index contributed by atoms with van der Waals surface area (Å²) in [6.07, 6.45) is 0.572. The van der Waals surface area contributed by atoms with Crippen molar-refractivity contribution in [1.82, 2.24) is 0 Å². The van der Waals surface area contributed by atoms with Gasteiger partial charge in [0.25, 0.3) is 0 Å². The molecule has 0 saturated heterocycles. The Morgan fingerprint density at radius 2 is 1.44 bits per heavy atom. The highest BCUT2D eigenvalue weighted by Gasteiger charge is 2.39. The zero-order valence-corrected chi connectivity index (χ0v) is 10.2. The molecule has 0 rings (SSSR count). The third-order valence-electron chi connectivity index (χ3n) is 2.29. The van der Waals surface area contributed by atoms with Gasteiger partial charge in [-0.15, -0.1) is 0 Å². The van der Waals surface area contributed by atoms with Gasteiger partial charge in [-0.2, -0.15) is 0 Å². The van der Waals surface area contributed by atoms with Crippen molar-refractivity contribution in [2.45, 2.75) is 53.6 Å². The number of aliphatic hydroxyl groups excluding tert-OH is 1. The first-order valence-corrected chi connectivity index (χ1v) is 5.17. The van der Waals surface area contributed by atoms with Gasteiger partial charge in [0.1, 0.15) is 11.2 Å². The Hall–Kier alpha value is -0.368. The van der Waals surface area contributed by atoms with Crippen LogP contribution < -0.4 is 0 Å². The molecule has 0 aliphatic heterocycles. The van der Waals surface area contributed by atoms with Gasteiger partial charge in [-0.1, -0.05) is 13.8 Å². The van der Waals surface area contributed by atoms with E-state index < -0.39 is 11.4 Å². The topological polar surface area (TPSA) is 74.6 Å². The molecule has 0 saturated carbocycles. The molecule has 16 heavy (non-hydrogen) atoms. The standard InChI is InChI=1S/C8H14O3.C3H8O.Al.3H/c1-4-8(5-2,6(3)9)7(10)11;1-3(2)4;;;;/h4-5H2,1-3H3,(H,10,11);3-4H,1-2H3;;;;. The number of hydrogen-bond donors (Lipinski definition) is 2. The lowest BCUT2D eigenvalue weighted by Gasteiger charge is -2.22. The van der Waals surface area contributed by atoms with E-state index in [1.807, 2.05) is 0 Å². The van der Waals surface area contributed by atoms with Crippen LogP contribution in [0.2, 0.25) is 0 Å². The molecule has 0 aromatic rings. The summed E-state index contributed by atoms with van der Waals surface area (Å²) in [6, 6.07) is 0. The van der Waals surface area contributed by atoms with Gasteiger partial charge in [-0.25, -0.2) is 0 Å². The number of Topliss-reactive ketones (excluding diaryl/α,β-unsaturated/α-hetero) is 1. The number of carboxylic acid groups (broad SMARTS) is 1. The van der Waals surface area contributed by atoms with Gasteiger partial charge < -0.3 is 10.2 Å². The van der Waals surface area contributed by atoms with E-state index in [0.29, 0.717) is 12.8 Å². The van der Waals surface area contributed by atoms with Crippen LogP contribution in [0.4, 0.5) is 0 Å². The Labute approximate surface area is 108 Å². The molecule has 0 bridgehead atoms. The monoisotopic (exact) mass is 248 g/mol. The summed E-state index contributed by atoms with van der Waals surface area (Å²) in [7, 11) is 0. The first kappa shape index (κ1) is 21.0. The predicted molar refractivity (Wildman–Crippen MR) is 68.6 cm³/mol. The maximum absolute atomic E-state index is 11.0. The first-order chi connectivity index (χ1) is 6.74. The molecular formula is C11H25AlO4. The van der Waals surface area contributed by atoms with Gasteiger partial charge in [0.15, 0.2) is 17.4 Å². The SMILES string of the molecule is CC(C)O.CCC(CC)(C(C)=O)C(=O)O.[AlH3]. The molecule has 2 N–H and O–H groups in total. The minimum absolute atomic E-state index is 0. The molecule has 0 heterocycles. The van der Waals surface area contributed by atoms with E-state index in [9.17, 15) is 9.59 Å². The summed E-state index contributed by atoms with van der Waals surface area (Å²) < 4.78 is 0. The van der Waals surface area contributed by atoms with Crippen LogP contribution in [0.3, 0.4) is 0 Å². The first-order valence-electron chi connectivity index (χ1n) is 5.17. The van der Waals surface area contributed by atoms with Crippen LogP contribution in [-0.2, 0) is 9.59 Å². The molecule has 5 heteroatoms. The number of ketones is 1.